The molecule has 0 unspecified atom stereocenters. The Morgan fingerprint density at radius 1 is 1.08 bits per heavy atom. The number of nitrogens with one attached hydrogen (secondary N) is 1. The van der Waals surface area contributed by atoms with Gasteiger partial charge in [-0.1, -0.05) is 0 Å². The number of carbonyl (C=O) groups excluding carboxylic acids is 3. The van der Waals surface area contributed by atoms with Crippen LogP contribution in [-0.2, 0) is 14.4 Å². The van der Waals surface area contributed by atoms with Gasteiger partial charge in [0.1, 0.15) is 0 Å². The quantitative estimate of drug-likeness (QED) is 0.647. The van der Waals surface area contributed by atoms with Crippen LogP contribution in [0.25, 0.3) is 0 Å². The first-order chi connectivity index (χ1) is 5.95. The second-order valence-electron chi connectivity index (χ2n) is 2.67. The Kier molecular flexibility index (Phi) is 4.72. The maximum Gasteiger partial charge on any atom is 0.226 e. The average Bonchev–Trinajstić information content (AvgIpc) is 1.95. The summed E-state index contributed by atoms with van der Waals surface area (Å²) in [5.41, 5.74) is 0. The van der Waals surface area contributed by atoms with Gasteiger partial charge in [-0.3, -0.25) is 19.3 Å². The predicted molar refractivity (Wildman–Crippen MR) is 46.8 cm³/mol. The smallest absolute Gasteiger partial charge is 0.226 e. The summed E-state index contributed by atoms with van der Waals surface area (Å²) in [7, 11) is 0. The lowest BCUT2D eigenvalue weighted by molar-refractivity contribution is -0.142. The van der Waals surface area contributed by atoms with E-state index in [-0.39, 0.29) is 24.3 Å². The second-order valence-corrected chi connectivity index (χ2v) is 2.67. The van der Waals surface area contributed by atoms with Gasteiger partial charge in [-0.25, -0.2) is 0 Å². The number of hydrogen-bond donors (Lipinski definition) is 1. The fourth-order valence-corrected chi connectivity index (χ4v) is 0.880. The van der Waals surface area contributed by atoms with E-state index in [1.165, 1.54) is 20.8 Å². The fraction of sp³-hybridized carbons (Fsp3) is 0.625. The molecule has 1 N–H and O–H groups in total. The molecule has 0 radical (unpaired) electrons. The molecule has 0 heterocycles. The highest BCUT2D eigenvalue weighted by Crippen LogP contribution is 1.88. The summed E-state index contributed by atoms with van der Waals surface area (Å²) in [6.07, 6.45) is 0. The molecule has 5 heteroatoms. The van der Waals surface area contributed by atoms with Gasteiger partial charge in [0.05, 0.1) is 0 Å². The van der Waals surface area contributed by atoms with Crippen molar-refractivity contribution in [2.45, 2.75) is 20.8 Å². The molecule has 0 aromatic heterocycles. The Labute approximate surface area is 77.1 Å². The summed E-state index contributed by atoms with van der Waals surface area (Å²) in [6.45, 7) is 4.54. The highest BCUT2D eigenvalue weighted by atomic mass is 16.2. The standard InChI is InChI=1S/C8H14N2O3/c1-6(11)9-4-5-10(7(2)12)8(3)13/h4-5H2,1-3H3,(H,9,11). The van der Waals surface area contributed by atoms with Crippen molar-refractivity contribution in [2.75, 3.05) is 13.1 Å². The highest BCUT2D eigenvalue weighted by molar-refractivity contribution is 5.92. The van der Waals surface area contributed by atoms with Crippen molar-refractivity contribution in [3.8, 4) is 0 Å². The lowest BCUT2D eigenvalue weighted by Gasteiger charge is -2.16. The third kappa shape index (κ3) is 4.95. The molecule has 0 bridgehead atoms. The topological polar surface area (TPSA) is 66.5 Å². The minimum Gasteiger partial charge on any atom is -0.355 e. The Bertz CT molecular complexity index is 211. The highest BCUT2D eigenvalue weighted by Gasteiger charge is 2.12. The van der Waals surface area contributed by atoms with E-state index in [1.807, 2.05) is 0 Å². The van der Waals surface area contributed by atoms with Gasteiger partial charge in [-0.15, -0.1) is 0 Å². The van der Waals surface area contributed by atoms with Gasteiger partial charge in [0.25, 0.3) is 0 Å². The van der Waals surface area contributed by atoms with Crippen molar-refractivity contribution in [1.29, 1.82) is 0 Å². The summed E-state index contributed by atoms with van der Waals surface area (Å²) >= 11 is 0. The molecule has 0 saturated heterocycles. The SMILES string of the molecule is CC(=O)NCCN(C(C)=O)C(C)=O. The second kappa shape index (κ2) is 5.29. The van der Waals surface area contributed by atoms with Crippen LogP contribution in [0.1, 0.15) is 20.8 Å². The van der Waals surface area contributed by atoms with Crippen molar-refractivity contribution in [1.82, 2.24) is 10.2 Å². The lowest BCUT2D eigenvalue weighted by Crippen LogP contribution is -2.39. The Morgan fingerprint density at radius 3 is 1.85 bits per heavy atom. The number of rotatable bonds is 3. The van der Waals surface area contributed by atoms with Gasteiger partial charge < -0.3 is 5.32 Å². The normalized spacial score (nSPS) is 9.15. The van der Waals surface area contributed by atoms with E-state index >= 15 is 0 Å². The van der Waals surface area contributed by atoms with E-state index in [1.54, 1.807) is 0 Å². The minimum atomic E-state index is -0.308. The molecular formula is C8H14N2O3. The van der Waals surface area contributed by atoms with Crippen molar-refractivity contribution < 1.29 is 14.4 Å². The van der Waals surface area contributed by atoms with Crippen LogP contribution in [0.3, 0.4) is 0 Å². The van der Waals surface area contributed by atoms with E-state index in [4.69, 9.17) is 0 Å². The number of amides is 3. The Balaban J connectivity index is 3.91. The fourth-order valence-electron chi connectivity index (χ4n) is 0.880. The number of hydrogen-bond acceptors (Lipinski definition) is 3. The van der Waals surface area contributed by atoms with Gasteiger partial charge in [0.15, 0.2) is 0 Å². The molecule has 13 heavy (non-hydrogen) atoms. The van der Waals surface area contributed by atoms with E-state index in [2.05, 4.69) is 5.32 Å². The van der Waals surface area contributed by atoms with Crippen molar-refractivity contribution in [3.63, 3.8) is 0 Å². The van der Waals surface area contributed by atoms with Crippen molar-refractivity contribution >= 4 is 17.7 Å². The third-order valence-corrected chi connectivity index (χ3v) is 1.47. The maximum absolute atomic E-state index is 10.9. The molecule has 0 atom stereocenters. The van der Waals surface area contributed by atoms with E-state index in [0.717, 1.165) is 4.90 Å². The molecule has 0 aliphatic carbocycles. The molecule has 0 spiro atoms. The van der Waals surface area contributed by atoms with Gasteiger partial charge >= 0.3 is 0 Å². The van der Waals surface area contributed by atoms with Crippen LogP contribution in [-0.4, -0.2) is 35.7 Å². The zero-order valence-electron chi connectivity index (χ0n) is 8.09. The summed E-state index contributed by atoms with van der Waals surface area (Å²) in [5, 5.41) is 2.50. The molecular weight excluding hydrogens is 172 g/mol. The van der Waals surface area contributed by atoms with Gasteiger partial charge in [0, 0.05) is 33.9 Å². The molecule has 3 amide bonds. The molecule has 0 aliphatic rings. The third-order valence-electron chi connectivity index (χ3n) is 1.47. The zero-order chi connectivity index (χ0) is 10.4. The molecule has 0 aromatic rings. The number of imide groups is 1. The van der Waals surface area contributed by atoms with Gasteiger partial charge in [0.2, 0.25) is 17.7 Å². The summed E-state index contributed by atoms with van der Waals surface area (Å²) in [4.78, 5) is 33.3. The van der Waals surface area contributed by atoms with Crippen molar-refractivity contribution in [3.05, 3.63) is 0 Å². The predicted octanol–water partition coefficient (Wildman–Crippen LogP) is -0.483. The van der Waals surface area contributed by atoms with Crippen LogP contribution in [0.2, 0.25) is 0 Å². The number of nitrogens with zero attached hydrogens (tertiary/aromatic N) is 1. The first-order valence-electron chi connectivity index (χ1n) is 3.98. The molecule has 0 fully saturated rings. The van der Waals surface area contributed by atoms with Crippen LogP contribution in [0.15, 0.2) is 0 Å². The largest absolute Gasteiger partial charge is 0.355 e. The molecule has 5 nitrogen and oxygen atoms in total. The molecule has 0 rings (SSSR count). The molecule has 0 aromatic carbocycles. The van der Waals surface area contributed by atoms with Crippen LogP contribution in [0.5, 0.6) is 0 Å². The van der Waals surface area contributed by atoms with Gasteiger partial charge in [-0.05, 0) is 0 Å². The van der Waals surface area contributed by atoms with Crippen LogP contribution in [0, 0.1) is 0 Å². The van der Waals surface area contributed by atoms with Crippen molar-refractivity contribution in [2.24, 2.45) is 0 Å². The maximum atomic E-state index is 10.9. The Hall–Kier alpha value is -1.39. The molecule has 0 aliphatic heterocycles. The summed E-state index contributed by atoms with van der Waals surface area (Å²) in [5.74, 6) is -0.789. The van der Waals surface area contributed by atoms with E-state index in [9.17, 15) is 14.4 Å². The molecule has 0 saturated carbocycles. The average molecular weight is 186 g/mol. The van der Waals surface area contributed by atoms with Crippen LogP contribution >= 0.6 is 0 Å². The minimum absolute atomic E-state index is 0.174. The molecule has 74 valence electrons. The Morgan fingerprint density at radius 2 is 1.54 bits per heavy atom. The summed E-state index contributed by atoms with van der Waals surface area (Å²) in [6, 6.07) is 0. The first kappa shape index (κ1) is 11.6. The first-order valence-corrected chi connectivity index (χ1v) is 3.98. The van der Waals surface area contributed by atoms with Gasteiger partial charge in [-0.2, -0.15) is 0 Å². The monoisotopic (exact) mass is 186 g/mol. The zero-order valence-corrected chi connectivity index (χ0v) is 8.09. The lowest BCUT2D eigenvalue weighted by atomic mass is 10.4. The van der Waals surface area contributed by atoms with Crippen LogP contribution in [0.4, 0.5) is 0 Å². The summed E-state index contributed by atoms with van der Waals surface area (Å²) < 4.78 is 0. The van der Waals surface area contributed by atoms with Crippen LogP contribution < -0.4 is 5.32 Å². The van der Waals surface area contributed by atoms with E-state index in [0.29, 0.717) is 6.54 Å². The van der Waals surface area contributed by atoms with E-state index < -0.39 is 0 Å². The number of carbonyl (C=O) groups is 3.